The largest absolute Gasteiger partial charge is 0.241 e. The molecule has 0 bridgehead atoms. The topological polar surface area (TPSA) is 36.7 Å². The minimum atomic E-state index is 0.577. The Morgan fingerprint density at radius 1 is 0.829 bits per heavy atom. The van der Waals surface area contributed by atoms with Crippen molar-refractivity contribution in [1.82, 2.24) is 4.98 Å². The van der Waals surface area contributed by atoms with Crippen molar-refractivity contribution < 1.29 is 0 Å². The summed E-state index contributed by atoms with van der Waals surface area (Å²) < 4.78 is 0. The molecule has 0 aliphatic carbocycles. The SMILES string of the molecule is Cc1ccc(/C=C\c2cc(/C=C/c3ccc(C)cc3)nc(SCc3cccc(Cl)c3)c2C#N)cc1. The Morgan fingerprint density at radius 2 is 1.46 bits per heavy atom. The predicted octanol–water partition coefficient (Wildman–Crippen LogP) is 8.86. The normalized spacial score (nSPS) is 11.3. The summed E-state index contributed by atoms with van der Waals surface area (Å²) in [7, 11) is 0. The van der Waals surface area contributed by atoms with Crippen LogP contribution in [0.3, 0.4) is 0 Å². The number of aromatic nitrogens is 1. The third-order valence-corrected chi connectivity index (χ3v) is 6.75. The molecule has 0 saturated carbocycles. The van der Waals surface area contributed by atoms with Crippen LogP contribution in [-0.4, -0.2) is 4.98 Å². The van der Waals surface area contributed by atoms with Gasteiger partial charge in [-0.2, -0.15) is 5.26 Å². The van der Waals surface area contributed by atoms with Gasteiger partial charge in [-0.1, -0.05) is 102 Å². The second-order valence-corrected chi connectivity index (χ2v) is 9.74. The standard InChI is InChI=1S/C31H25ClN2S/c1-22-6-10-24(11-7-22)14-16-27-19-29(17-15-25-12-8-23(2)9-13-25)34-31(30(27)20-33)35-21-26-4-3-5-28(32)18-26/h3-19H,21H2,1-2H3/b16-14-,17-15+. The third-order valence-electron chi connectivity index (χ3n) is 5.47. The molecule has 1 aromatic heterocycles. The molecule has 0 aliphatic heterocycles. The minimum absolute atomic E-state index is 0.577. The summed E-state index contributed by atoms with van der Waals surface area (Å²) in [5.74, 6) is 0.675. The molecule has 0 fully saturated rings. The van der Waals surface area contributed by atoms with Crippen LogP contribution >= 0.6 is 23.4 Å². The van der Waals surface area contributed by atoms with Gasteiger partial charge in [0, 0.05) is 10.8 Å². The summed E-state index contributed by atoms with van der Waals surface area (Å²) in [5.41, 5.74) is 7.95. The first kappa shape index (κ1) is 24.5. The van der Waals surface area contributed by atoms with Crippen molar-refractivity contribution in [2.45, 2.75) is 24.6 Å². The molecule has 4 heteroatoms. The van der Waals surface area contributed by atoms with Crippen molar-refractivity contribution in [3.63, 3.8) is 0 Å². The van der Waals surface area contributed by atoms with E-state index in [4.69, 9.17) is 16.6 Å². The van der Waals surface area contributed by atoms with E-state index in [1.165, 1.54) is 11.1 Å². The number of thioether (sulfide) groups is 1. The predicted molar refractivity (Wildman–Crippen MR) is 150 cm³/mol. The van der Waals surface area contributed by atoms with Crippen LogP contribution in [0.15, 0.2) is 83.9 Å². The Morgan fingerprint density at radius 3 is 2.06 bits per heavy atom. The van der Waals surface area contributed by atoms with Crippen LogP contribution < -0.4 is 0 Å². The van der Waals surface area contributed by atoms with Crippen molar-refractivity contribution in [1.29, 1.82) is 5.26 Å². The zero-order chi connectivity index (χ0) is 24.6. The van der Waals surface area contributed by atoms with E-state index in [0.29, 0.717) is 21.4 Å². The maximum atomic E-state index is 10.0. The van der Waals surface area contributed by atoms with Crippen LogP contribution in [0.5, 0.6) is 0 Å². The number of pyridine rings is 1. The van der Waals surface area contributed by atoms with Crippen LogP contribution in [0.4, 0.5) is 0 Å². The van der Waals surface area contributed by atoms with Crippen LogP contribution in [-0.2, 0) is 5.75 Å². The van der Waals surface area contributed by atoms with E-state index < -0.39 is 0 Å². The highest BCUT2D eigenvalue weighted by Gasteiger charge is 2.12. The Balaban J connectivity index is 1.69. The van der Waals surface area contributed by atoms with E-state index in [1.54, 1.807) is 11.8 Å². The zero-order valence-corrected chi connectivity index (χ0v) is 21.3. The van der Waals surface area contributed by atoms with Crippen LogP contribution in [0, 0.1) is 25.2 Å². The molecule has 4 rings (SSSR count). The maximum Gasteiger partial charge on any atom is 0.115 e. The molecular formula is C31H25ClN2S. The van der Waals surface area contributed by atoms with Crippen molar-refractivity contribution in [2.24, 2.45) is 0 Å². The van der Waals surface area contributed by atoms with Gasteiger partial charge in [0.05, 0.1) is 11.3 Å². The molecule has 0 spiro atoms. The first-order chi connectivity index (χ1) is 17.0. The number of nitriles is 1. The Hall–Kier alpha value is -3.58. The summed E-state index contributed by atoms with van der Waals surface area (Å²) in [6, 6.07) is 28.8. The number of benzene rings is 3. The van der Waals surface area contributed by atoms with Gasteiger partial charge in [0.2, 0.25) is 0 Å². The maximum absolute atomic E-state index is 10.0. The molecule has 0 atom stereocenters. The molecule has 0 unspecified atom stereocenters. The lowest BCUT2D eigenvalue weighted by molar-refractivity contribution is 1.09. The second-order valence-electron chi connectivity index (χ2n) is 8.33. The number of halogens is 1. The fourth-order valence-electron chi connectivity index (χ4n) is 3.50. The van der Waals surface area contributed by atoms with Gasteiger partial charge in [-0.15, -0.1) is 11.8 Å². The lowest BCUT2D eigenvalue weighted by Gasteiger charge is -2.09. The van der Waals surface area contributed by atoms with Gasteiger partial charge >= 0.3 is 0 Å². The van der Waals surface area contributed by atoms with Gasteiger partial charge in [-0.05, 0) is 60.4 Å². The van der Waals surface area contributed by atoms with Crippen molar-refractivity contribution in [2.75, 3.05) is 0 Å². The smallest absolute Gasteiger partial charge is 0.115 e. The van der Waals surface area contributed by atoms with E-state index >= 15 is 0 Å². The van der Waals surface area contributed by atoms with Crippen LogP contribution in [0.25, 0.3) is 24.3 Å². The Kier molecular flexibility index (Phi) is 8.21. The average molecular weight is 493 g/mol. The molecule has 0 saturated heterocycles. The molecule has 3 aromatic carbocycles. The van der Waals surface area contributed by atoms with E-state index in [1.807, 2.05) is 54.6 Å². The summed E-state index contributed by atoms with van der Waals surface area (Å²) in [6.45, 7) is 4.14. The molecular weight excluding hydrogens is 468 g/mol. The van der Waals surface area contributed by atoms with E-state index in [0.717, 1.165) is 27.9 Å². The summed E-state index contributed by atoms with van der Waals surface area (Å²) in [4.78, 5) is 4.83. The molecule has 35 heavy (non-hydrogen) atoms. The lowest BCUT2D eigenvalue weighted by Crippen LogP contribution is -1.95. The molecule has 1 heterocycles. The van der Waals surface area contributed by atoms with E-state index in [2.05, 4.69) is 68.4 Å². The highest BCUT2D eigenvalue weighted by molar-refractivity contribution is 7.98. The van der Waals surface area contributed by atoms with Crippen molar-refractivity contribution in [3.05, 3.63) is 129 Å². The van der Waals surface area contributed by atoms with Gasteiger partial charge in [-0.25, -0.2) is 4.98 Å². The first-order valence-electron chi connectivity index (χ1n) is 11.3. The quantitative estimate of drug-likeness (QED) is 0.242. The number of hydrogen-bond donors (Lipinski definition) is 0. The van der Waals surface area contributed by atoms with Gasteiger partial charge in [-0.3, -0.25) is 0 Å². The van der Waals surface area contributed by atoms with Gasteiger partial charge in [0.25, 0.3) is 0 Å². The van der Waals surface area contributed by atoms with Gasteiger partial charge in [0.15, 0.2) is 0 Å². The monoisotopic (exact) mass is 492 g/mol. The van der Waals surface area contributed by atoms with E-state index in [9.17, 15) is 5.26 Å². The molecule has 4 aromatic rings. The molecule has 0 amide bonds. The minimum Gasteiger partial charge on any atom is -0.241 e. The van der Waals surface area contributed by atoms with E-state index in [-0.39, 0.29) is 0 Å². The van der Waals surface area contributed by atoms with Crippen LogP contribution in [0.2, 0.25) is 5.02 Å². The van der Waals surface area contributed by atoms with Crippen molar-refractivity contribution in [3.8, 4) is 6.07 Å². The number of nitrogens with zero attached hydrogens (tertiary/aromatic N) is 2. The summed E-state index contributed by atoms with van der Waals surface area (Å²) >= 11 is 7.71. The zero-order valence-electron chi connectivity index (χ0n) is 19.7. The summed E-state index contributed by atoms with van der Waals surface area (Å²) in [6.07, 6.45) is 8.08. The Bertz CT molecular complexity index is 1410. The molecule has 172 valence electrons. The number of hydrogen-bond acceptors (Lipinski definition) is 3. The number of aryl methyl sites for hydroxylation is 2. The highest BCUT2D eigenvalue weighted by atomic mass is 35.5. The van der Waals surface area contributed by atoms with Crippen LogP contribution in [0.1, 0.15) is 44.6 Å². The third kappa shape index (κ3) is 6.96. The molecule has 0 radical (unpaired) electrons. The molecule has 0 N–H and O–H groups in total. The molecule has 2 nitrogen and oxygen atoms in total. The van der Waals surface area contributed by atoms with Gasteiger partial charge in [0.1, 0.15) is 11.1 Å². The first-order valence-corrected chi connectivity index (χ1v) is 12.7. The Labute approximate surface area is 216 Å². The van der Waals surface area contributed by atoms with Gasteiger partial charge < -0.3 is 0 Å². The fourth-order valence-corrected chi connectivity index (χ4v) is 4.67. The second kappa shape index (κ2) is 11.7. The lowest BCUT2D eigenvalue weighted by atomic mass is 10.1. The van der Waals surface area contributed by atoms with Crippen molar-refractivity contribution >= 4 is 47.7 Å². The summed E-state index contributed by atoms with van der Waals surface area (Å²) in [5, 5.41) is 11.4. The highest BCUT2D eigenvalue weighted by Crippen LogP contribution is 2.29. The molecule has 0 aliphatic rings. The average Bonchev–Trinajstić information content (AvgIpc) is 2.86. The number of rotatable bonds is 7. The fraction of sp³-hybridized carbons (Fsp3) is 0.0968.